The standard InChI is InChI=1S/C22H29N6O11P/c1-21(2,8-7-12-5-3-4-6-13(12)28(32)33)39-20(31)22(23)17-18(24-10-26-22)27(11-25-17)19-16(30)15(29)14(38-19)9-37-40(34,35)36/h3-6,10,14-16,19,29-30H,7-9,11,23H2,1-2H3,(H2,34,35,36)/t14-,15-,16-,19-,22?/m1/s1. The maximum Gasteiger partial charge on any atom is 0.469 e. The predicted octanol–water partition coefficient (Wildman–Crippen LogP) is -0.785. The van der Waals surface area contributed by atoms with Crippen LogP contribution in [0.4, 0.5) is 5.69 Å². The van der Waals surface area contributed by atoms with E-state index in [2.05, 4.69) is 19.5 Å². The molecule has 0 amide bonds. The number of ether oxygens (including phenoxy) is 2. The SMILES string of the molecule is CC(C)(CCc1ccccc1[N+](=O)[O-])OC(=O)C1(N)N=CN=C2C1=NCN2[C@@H]1O[C@H](COP(=O)(O)O)[C@@H](O)[C@H]1O. The predicted molar refractivity (Wildman–Crippen MR) is 137 cm³/mol. The van der Waals surface area contributed by atoms with Gasteiger partial charge in [-0.15, -0.1) is 0 Å². The maximum absolute atomic E-state index is 13.3. The number of hydrogen-bond donors (Lipinski definition) is 5. The first kappa shape index (κ1) is 29.8. The van der Waals surface area contributed by atoms with Gasteiger partial charge in [0.15, 0.2) is 12.1 Å². The molecule has 1 saturated heterocycles. The second kappa shape index (κ2) is 11.0. The molecule has 1 aromatic carbocycles. The van der Waals surface area contributed by atoms with Gasteiger partial charge in [-0.2, -0.15) is 0 Å². The normalized spacial score (nSPS) is 28.2. The average Bonchev–Trinajstić information content (AvgIpc) is 3.43. The quantitative estimate of drug-likeness (QED) is 0.0980. The Morgan fingerprint density at radius 2 is 2.02 bits per heavy atom. The van der Waals surface area contributed by atoms with E-state index in [1.807, 2.05) is 0 Å². The van der Waals surface area contributed by atoms with Crippen LogP contribution in [0.1, 0.15) is 25.8 Å². The average molecular weight is 584 g/mol. The Kier molecular flexibility index (Phi) is 8.22. The summed E-state index contributed by atoms with van der Waals surface area (Å²) in [4.78, 5) is 55.6. The Bertz CT molecular complexity index is 1310. The summed E-state index contributed by atoms with van der Waals surface area (Å²) < 4.78 is 26.7. The molecule has 1 fully saturated rings. The number of carbonyl (C=O) groups excluding carboxylic acids is 1. The van der Waals surface area contributed by atoms with Gasteiger partial charge >= 0.3 is 13.8 Å². The summed E-state index contributed by atoms with van der Waals surface area (Å²) in [7, 11) is -4.86. The number of hydrogen-bond acceptors (Lipinski definition) is 14. The second-order valence-corrected chi connectivity index (χ2v) is 11.2. The first-order valence-corrected chi connectivity index (χ1v) is 13.6. The number of aliphatic hydroxyl groups is 2. The number of fused-ring (bicyclic) bond motifs is 1. The van der Waals surface area contributed by atoms with Crippen LogP contribution < -0.4 is 5.73 Å². The van der Waals surface area contributed by atoms with Crippen molar-refractivity contribution in [1.29, 1.82) is 0 Å². The molecule has 1 aromatic rings. The van der Waals surface area contributed by atoms with Crippen molar-refractivity contribution in [3.8, 4) is 0 Å². The van der Waals surface area contributed by atoms with Gasteiger partial charge in [-0.1, -0.05) is 18.2 Å². The zero-order chi connectivity index (χ0) is 29.5. The number of phosphoric acid groups is 1. The third-order valence-electron chi connectivity index (χ3n) is 6.58. The van der Waals surface area contributed by atoms with Crippen LogP contribution in [0.2, 0.25) is 0 Å². The fourth-order valence-electron chi connectivity index (χ4n) is 4.44. The van der Waals surface area contributed by atoms with Gasteiger partial charge in [-0.3, -0.25) is 25.4 Å². The van der Waals surface area contributed by atoms with Gasteiger partial charge in [0.1, 0.15) is 42.6 Å². The third-order valence-corrected chi connectivity index (χ3v) is 7.07. The molecule has 5 atom stereocenters. The highest BCUT2D eigenvalue weighted by atomic mass is 31.2. The molecule has 6 N–H and O–H groups in total. The van der Waals surface area contributed by atoms with Crippen LogP contribution in [0, 0.1) is 10.1 Å². The Balaban J connectivity index is 1.43. The highest BCUT2D eigenvalue weighted by Gasteiger charge is 2.54. The monoisotopic (exact) mass is 584 g/mol. The molecule has 3 heterocycles. The Labute approximate surface area is 227 Å². The first-order valence-electron chi connectivity index (χ1n) is 12.0. The topological polar surface area (TPSA) is 252 Å². The maximum atomic E-state index is 13.3. The smallest absolute Gasteiger partial charge is 0.457 e. The van der Waals surface area contributed by atoms with E-state index in [-0.39, 0.29) is 36.7 Å². The largest absolute Gasteiger partial charge is 0.469 e. The Hall–Kier alpha value is -3.15. The summed E-state index contributed by atoms with van der Waals surface area (Å²) in [6.07, 6.45) is -4.20. The van der Waals surface area contributed by atoms with E-state index in [0.29, 0.717) is 5.56 Å². The highest BCUT2D eigenvalue weighted by molar-refractivity contribution is 7.46. The number of nitrogens with zero attached hydrogens (tertiary/aromatic N) is 5. The molecular weight excluding hydrogens is 555 g/mol. The van der Waals surface area contributed by atoms with Gasteiger partial charge in [-0.05, 0) is 26.7 Å². The summed E-state index contributed by atoms with van der Waals surface area (Å²) in [5, 5.41) is 32.2. The van der Waals surface area contributed by atoms with Crippen molar-refractivity contribution in [2.45, 2.75) is 62.5 Å². The fraction of sp³-hybridized carbons (Fsp3) is 0.545. The summed E-state index contributed by atoms with van der Waals surface area (Å²) in [6, 6.07) is 6.25. The molecule has 17 nitrogen and oxygen atoms in total. The van der Waals surface area contributed by atoms with Crippen molar-refractivity contribution in [3.05, 3.63) is 39.9 Å². The number of carbonyl (C=O) groups is 1. The number of benzene rings is 1. The van der Waals surface area contributed by atoms with E-state index >= 15 is 0 Å². The Morgan fingerprint density at radius 3 is 2.70 bits per heavy atom. The number of nitrogens with two attached hydrogens (primary N) is 1. The molecule has 3 aliphatic heterocycles. The number of aliphatic hydroxyl groups excluding tert-OH is 2. The van der Waals surface area contributed by atoms with Gasteiger partial charge in [0.2, 0.25) is 0 Å². The molecule has 0 aromatic heterocycles. The van der Waals surface area contributed by atoms with Crippen molar-refractivity contribution in [1.82, 2.24) is 4.90 Å². The number of phosphoric ester groups is 1. The van der Waals surface area contributed by atoms with Crippen LogP contribution in [0.5, 0.6) is 0 Å². The van der Waals surface area contributed by atoms with Crippen LogP contribution in [0.15, 0.2) is 39.2 Å². The summed E-state index contributed by atoms with van der Waals surface area (Å²) in [5.41, 5.74) is 3.46. The molecule has 3 aliphatic rings. The second-order valence-electron chi connectivity index (χ2n) is 9.95. The van der Waals surface area contributed by atoms with Crippen LogP contribution in [0.3, 0.4) is 0 Å². The number of rotatable bonds is 10. The zero-order valence-corrected chi connectivity index (χ0v) is 22.3. The summed E-state index contributed by atoms with van der Waals surface area (Å²) in [5.74, 6) is -0.954. The van der Waals surface area contributed by atoms with Gasteiger partial charge in [-0.25, -0.2) is 19.3 Å². The van der Waals surface area contributed by atoms with Crippen molar-refractivity contribution < 1.29 is 48.3 Å². The van der Waals surface area contributed by atoms with Gasteiger partial charge in [0.05, 0.1) is 11.5 Å². The molecule has 0 bridgehead atoms. The van der Waals surface area contributed by atoms with E-state index in [4.69, 9.17) is 25.0 Å². The van der Waals surface area contributed by atoms with E-state index in [0.717, 1.165) is 6.34 Å². The number of nitro groups is 1. The van der Waals surface area contributed by atoms with Crippen molar-refractivity contribution in [2.24, 2.45) is 20.7 Å². The lowest BCUT2D eigenvalue weighted by Crippen LogP contribution is -2.61. The molecular formula is C22H29N6O11P. The number of esters is 1. The minimum Gasteiger partial charge on any atom is -0.457 e. The van der Waals surface area contributed by atoms with E-state index in [1.165, 1.54) is 11.0 Å². The van der Waals surface area contributed by atoms with Crippen molar-refractivity contribution in [3.63, 3.8) is 0 Å². The van der Waals surface area contributed by atoms with E-state index in [1.54, 1.807) is 32.0 Å². The van der Waals surface area contributed by atoms with Gasteiger partial charge < -0.3 is 34.4 Å². The molecule has 218 valence electrons. The van der Waals surface area contributed by atoms with Gasteiger partial charge in [0, 0.05) is 11.6 Å². The minimum atomic E-state index is -4.86. The Morgan fingerprint density at radius 1 is 1.32 bits per heavy atom. The number of aliphatic imine (C=N–C) groups is 3. The lowest BCUT2D eigenvalue weighted by atomic mass is 9.96. The van der Waals surface area contributed by atoms with E-state index in [9.17, 15) is 29.7 Å². The molecule has 1 unspecified atom stereocenters. The zero-order valence-electron chi connectivity index (χ0n) is 21.4. The van der Waals surface area contributed by atoms with Crippen molar-refractivity contribution >= 4 is 37.4 Å². The lowest BCUT2D eigenvalue weighted by Gasteiger charge is -2.33. The van der Waals surface area contributed by atoms with Crippen LogP contribution in [0.25, 0.3) is 0 Å². The number of para-hydroxylation sites is 1. The first-order chi connectivity index (χ1) is 18.6. The summed E-state index contributed by atoms with van der Waals surface area (Å²) >= 11 is 0. The van der Waals surface area contributed by atoms with E-state index < -0.39 is 61.1 Å². The van der Waals surface area contributed by atoms with Crippen LogP contribution >= 0.6 is 7.82 Å². The van der Waals surface area contributed by atoms with Crippen molar-refractivity contribution in [2.75, 3.05) is 13.3 Å². The fourth-order valence-corrected chi connectivity index (χ4v) is 4.78. The van der Waals surface area contributed by atoms with Crippen LogP contribution in [-0.4, -0.2) is 103 Å². The lowest BCUT2D eigenvalue weighted by molar-refractivity contribution is -0.385. The molecule has 0 radical (unpaired) electrons. The number of nitro benzene ring substituents is 1. The summed E-state index contributed by atoms with van der Waals surface area (Å²) in [6.45, 7) is 2.34. The molecule has 18 heteroatoms. The third kappa shape index (κ3) is 6.11. The highest BCUT2D eigenvalue weighted by Crippen LogP contribution is 2.38. The molecule has 40 heavy (non-hydrogen) atoms. The van der Waals surface area contributed by atoms with Crippen LogP contribution in [-0.2, 0) is 29.8 Å². The molecule has 0 aliphatic carbocycles. The number of amidine groups is 1. The number of aryl methyl sites for hydroxylation is 1. The molecule has 0 spiro atoms. The minimum absolute atomic E-state index is 0.0139. The molecule has 4 rings (SSSR count). The van der Waals surface area contributed by atoms with Gasteiger partial charge in [0.25, 0.3) is 11.4 Å². The molecule has 0 saturated carbocycles.